The summed E-state index contributed by atoms with van der Waals surface area (Å²) < 4.78 is 0. The van der Waals surface area contributed by atoms with E-state index in [0.717, 1.165) is 0 Å². The highest BCUT2D eigenvalue weighted by Crippen LogP contribution is 2.07. The van der Waals surface area contributed by atoms with Gasteiger partial charge < -0.3 is 26.6 Å². The topological polar surface area (TPSA) is 159 Å². The fourth-order valence-corrected chi connectivity index (χ4v) is 2.14. The highest BCUT2D eigenvalue weighted by atomic mass is 16.4. The molecule has 0 radical (unpaired) electrons. The van der Waals surface area contributed by atoms with Crippen LogP contribution in [0.4, 0.5) is 0 Å². The van der Waals surface area contributed by atoms with Gasteiger partial charge in [0.2, 0.25) is 5.91 Å². The Morgan fingerprint density at radius 1 is 1.00 bits per heavy atom. The minimum absolute atomic E-state index is 0.0362. The number of unbranched alkanes of at least 4 members (excludes halogenated alkanes) is 1. The Morgan fingerprint density at radius 2 is 1.58 bits per heavy atom. The van der Waals surface area contributed by atoms with Crippen molar-refractivity contribution in [1.82, 2.24) is 10.6 Å². The van der Waals surface area contributed by atoms with E-state index in [4.69, 9.17) is 15.9 Å². The van der Waals surface area contributed by atoms with Gasteiger partial charge in [0.1, 0.15) is 12.1 Å². The van der Waals surface area contributed by atoms with Gasteiger partial charge in [-0.2, -0.15) is 0 Å². The number of rotatable bonds is 10. The van der Waals surface area contributed by atoms with Gasteiger partial charge >= 0.3 is 11.9 Å². The largest absolute Gasteiger partial charge is 0.480 e. The summed E-state index contributed by atoms with van der Waals surface area (Å²) in [6.07, 6.45) is 1.53. The van der Waals surface area contributed by atoms with E-state index in [1.165, 1.54) is 31.2 Å². The second-order valence-corrected chi connectivity index (χ2v) is 5.76. The number of amides is 2. The van der Waals surface area contributed by atoms with Gasteiger partial charge in [-0.3, -0.25) is 14.4 Å². The minimum atomic E-state index is -1.19. The summed E-state index contributed by atoms with van der Waals surface area (Å²) in [5.74, 6) is -3.46. The first-order chi connectivity index (χ1) is 12.3. The smallest absolute Gasteiger partial charge is 0.335 e. The van der Waals surface area contributed by atoms with Crippen LogP contribution in [0.1, 0.15) is 46.9 Å². The Bertz CT molecular complexity index is 659. The third-order valence-corrected chi connectivity index (χ3v) is 3.69. The van der Waals surface area contributed by atoms with Gasteiger partial charge in [-0.15, -0.1) is 0 Å². The Balaban J connectivity index is 2.82. The third kappa shape index (κ3) is 6.52. The fourth-order valence-electron chi connectivity index (χ4n) is 2.14. The molecule has 0 heterocycles. The van der Waals surface area contributed by atoms with E-state index in [2.05, 4.69) is 10.6 Å². The van der Waals surface area contributed by atoms with Gasteiger partial charge in [-0.05, 0) is 57.0 Å². The molecule has 1 aromatic rings. The predicted molar refractivity (Wildman–Crippen MR) is 92.8 cm³/mol. The summed E-state index contributed by atoms with van der Waals surface area (Å²) in [7, 11) is 0. The van der Waals surface area contributed by atoms with E-state index < -0.39 is 35.8 Å². The van der Waals surface area contributed by atoms with Crippen molar-refractivity contribution in [2.24, 2.45) is 5.73 Å². The number of aromatic carboxylic acids is 1. The Labute approximate surface area is 150 Å². The van der Waals surface area contributed by atoms with Crippen LogP contribution >= 0.6 is 0 Å². The summed E-state index contributed by atoms with van der Waals surface area (Å²) in [6.45, 7) is 1.76. The summed E-state index contributed by atoms with van der Waals surface area (Å²) in [4.78, 5) is 46.3. The van der Waals surface area contributed by atoms with E-state index in [9.17, 15) is 19.2 Å². The highest BCUT2D eigenvalue weighted by Gasteiger charge is 2.24. The number of nitrogens with one attached hydrogen (secondary N) is 2. The van der Waals surface area contributed by atoms with E-state index in [-0.39, 0.29) is 11.1 Å². The van der Waals surface area contributed by atoms with E-state index in [1.54, 1.807) is 0 Å². The molecule has 0 saturated heterocycles. The van der Waals surface area contributed by atoms with Gasteiger partial charge in [-0.25, -0.2) is 4.79 Å². The zero-order valence-corrected chi connectivity index (χ0v) is 14.4. The molecule has 6 N–H and O–H groups in total. The monoisotopic (exact) mass is 365 g/mol. The zero-order valence-electron chi connectivity index (χ0n) is 14.4. The average molecular weight is 365 g/mol. The number of hydrogen-bond acceptors (Lipinski definition) is 5. The second-order valence-electron chi connectivity index (χ2n) is 5.76. The van der Waals surface area contributed by atoms with Crippen molar-refractivity contribution < 1.29 is 29.4 Å². The van der Waals surface area contributed by atoms with Crippen molar-refractivity contribution in [3.63, 3.8) is 0 Å². The highest BCUT2D eigenvalue weighted by molar-refractivity contribution is 5.99. The lowest BCUT2D eigenvalue weighted by Gasteiger charge is -2.20. The molecule has 26 heavy (non-hydrogen) atoms. The first-order valence-electron chi connectivity index (χ1n) is 8.13. The molecule has 9 heteroatoms. The maximum Gasteiger partial charge on any atom is 0.335 e. The molecule has 0 aliphatic heterocycles. The molecule has 2 amide bonds. The van der Waals surface area contributed by atoms with Crippen molar-refractivity contribution in [3.8, 4) is 0 Å². The Hall–Kier alpha value is -2.94. The van der Waals surface area contributed by atoms with Crippen LogP contribution in [0.25, 0.3) is 0 Å². The van der Waals surface area contributed by atoms with Crippen LogP contribution in [0.15, 0.2) is 24.3 Å². The van der Waals surface area contributed by atoms with Crippen LogP contribution in [0, 0.1) is 0 Å². The summed E-state index contributed by atoms with van der Waals surface area (Å²) in [5, 5.41) is 22.6. The Kier molecular flexibility index (Phi) is 8.23. The quantitative estimate of drug-likeness (QED) is 0.370. The molecule has 1 aromatic carbocycles. The molecule has 2 atom stereocenters. The second kappa shape index (κ2) is 10.1. The van der Waals surface area contributed by atoms with Crippen LogP contribution < -0.4 is 16.4 Å². The van der Waals surface area contributed by atoms with Crippen LogP contribution in [0.2, 0.25) is 0 Å². The molecule has 0 aliphatic carbocycles. The number of hydrogen-bond donors (Lipinski definition) is 5. The molecule has 0 aromatic heterocycles. The average Bonchev–Trinajstić information content (AvgIpc) is 2.60. The molecule has 0 spiro atoms. The van der Waals surface area contributed by atoms with Crippen LogP contribution in [0.3, 0.4) is 0 Å². The molecular formula is C17H23N3O6. The number of nitrogens with two attached hydrogens (primary N) is 1. The minimum Gasteiger partial charge on any atom is -0.480 e. The van der Waals surface area contributed by atoms with Crippen LogP contribution in [-0.4, -0.2) is 52.6 Å². The van der Waals surface area contributed by atoms with Gasteiger partial charge in [-0.1, -0.05) is 0 Å². The maximum absolute atomic E-state index is 12.3. The summed E-state index contributed by atoms with van der Waals surface area (Å²) in [5.41, 5.74) is 5.66. The van der Waals surface area contributed by atoms with Crippen LogP contribution in [0.5, 0.6) is 0 Å². The summed E-state index contributed by atoms with van der Waals surface area (Å²) >= 11 is 0. The van der Waals surface area contributed by atoms with E-state index >= 15 is 0 Å². The normalized spacial score (nSPS) is 12.7. The Morgan fingerprint density at radius 3 is 2.08 bits per heavy atom. The lowest BCUT2D eigenvalue weighted by atomic mass is 10.1. The maximum atomic E-state index is 12.3. The number of carboxylic acids is 2. The molecule has 0 aliphatic rings. The molecule has 1 rings (SSSR count). The lowest BCUT2D eigenvalue weighted by Crippen LogP contribution is -2.50. The fraction of sp³-hybridized carbons (Fsp3) is 0.412. The van der Waals surface area contributed by atoms with Crippen molar-refractivity contribution in [2.45, 2.75) is 38.3 Å². The number of carbonyl (C=O) groups is 4. The van der Waals surface area contributed by atoms with Crippen molar-refractivity contribution >= 4 is 23.8 Å². The molecule has 9 nitrogen and oxygen atoms in total. The number of carbonyl (C=O) groups excluding carboxylic acids is 2. The van der Waals surface area contributed by atoms with Crippen molar-refractivity contribution in [2.75, 3.05) is 6.54 Å². The molecule has 0 fully saturated rings. The molecule has 142 valence electrons. The van der Waals surface area contributed by atoms with Gasteiger partial charge in [0, 0.05) is 5.56 Å². The van der Waals surface area contributed by atoms with Gasteiger partial charge in [0.25, 0.3) is 5.91 Å². The van der Waals surface area contributed by atoms with E-state index in [1.807, 2.05) is 0 Å². The summed E-state index contributed by atoms with van der Waals surface area (Å²) in [6, 6.07) is 3.24. The first-order valence-corrected chi connectivity index (χ1v) is 8.13. The zero-order chi connectivity index (χ0) is 19.7. The van der Waals surface area contributed by atoms with Crippen LogP contribution in [-0.2, 0) is 9.59 Å². The molecular weight excluding hydrogens is 342 g/mol. The SMILES string of the molecule is C[C@H](NC(=O)[C@H](CCCCN)NC(=O)c1ccc(C(=O)O)cc1)C(=O)O. The standard InChI is InChI=1S/C17H23N3O6/c1-10(16(23)24)19-15(22)13(4-2-3-9-18)20-14(21)11-5-7-12(8-6-11)17(25)26/h5-8,10,13H,2-4,9,18H2,1H3,(H,19,22)(H,20,21)(H,23,24)(H,25,26)/t10-,13-/m0/s1. The first kappa shape index (κ1) is 21.1. The van der Waals surface area contributed by atoms with Crippen molar-refractivity contribution in [3.05, 3.63) is 35.4 Å². The molecule has 0 bridgehead atoms. The molecule has 0 saturated carbocycles. The lowest BCUT2D eigenvalue weighted by molar-refractivity contribution is -0.141. The third-order valence-electron chi connectivity index (χ3n) is 3.69. The predicted octanol–water partition coefficient (Wildman–Crippen LogP) is 0.202. The number of aliphatic carboxylic acids is 1. The van der Waals surface area contributed by atoms with Crippen molar-refractivity contribution in [1.29, 1.82) is 0 Å². The number of carboxylic acid groups (broad SMARTS) is 2. The molecule has 0 unspecified atom stereocenters. The van der Waals surface area contributed by atoms with Gasteiger partial charge in [0.15, 0.2) is 0 Å². The van der Waals surface area contributed by atoms with E-state index in [0.29, 0.717) is 25.8 Å². The van der Waals surface area contributed by atoms with Gasteiger partial charge in [0.05, 0.1) is 5.56 Å². The number of benzene rings is 1.